The summed E-state index contributed by atoms with van der Waals surface area (Å²) in [6.45, 7) is 0. The summed E-state index contributed by atoms with van der Waals surface area (Å²) in [4.78, 5) is 0.682. The van der Waals surface area contributed by atoms with Crippen LogP contribution in [0, 0.1) is 5.82 Å². The van der Waals surface area contributed by atoms with Crippen LogP contribution < -0.4 is 0 Å². The SMILES string of the molecule is Fc1ccccc1Cc1nnc2sc(-c3ccc(Cl)cc3)nn12. The zero-order valence-electron chi connectivity index (χ0n) is 11.8. The molecule has 4 nitrogen and oxygen atoms in total. The van der Waals surface area contributed by atoms with E-state index in [2.05, 4.69) is 15.3 Å². The second-order valence-electron chi connectivity index (χ2n) is 4.99. The number of aromatic nitrogens is 4. The van der Waals surface area contributed by atoms with Crippen molar-refractivity contribution in [2.75, 3.05) is 0 Å². The zero-order valence-corrected chi connectivity index (χ0v) is 13.4. The highest BCUT2D eigenvalue weighted by Crippen LogP contribution is 2.27. The van der Waals surface area contributed by atoms with Gasteiger partial charge in [0.2, 0.25) is 4.96 Å². The van der Waals surface area contributed by atoms with Crippen molar-refractivity contribution in [2.24, 2.45) is 0 Å². The molecule has 2 heterocycles. The molecule has 0 aliphatic heterocycles. The molecule has 0 saturated carbocycles. The number of hydrogen-bond donors (Lipinski definition) is 0. The van der Waals surface area contributed by atoms with E-state index in [-0.39, 0.29) is 5.82 Å². The van der Waals surface area contributed by atoms with E-state index in [1.165, 1.54) is 17.4 Å². The van der Waals surface area contributed by atoms with Crippen molar-refractivity contribution in [1.29, 1.82) is 0 Å². The number of fused-ring (bicyclic) bond motifs is 1. The molecular weight excluding hydrogens is 335 g/mol. The lowest BCUT2D eigenvalue weighted by atomic mass is 10.1. The smallest absolute Gasteiger partial charge is 0.207 e. The van der Waals surface area contributed by atoms with Gasteiger partial charge < -0.3 is 0 Å². The summed E-state index contributed by atoms with van der Waals surface area (Å²) in [7, 11) is 0. The number of benzene rings is 2. The molecular formula is C16H10ClFN4S. The van der Waals surface area contributed by atoms with Crippen molar-refractivity contribution in [3.05, 3.63) is 70.8 Å². The molecule has 0 spiro atoms. The Kier molecular flexibility index (Phi) is 3.55. The van der Waals surface area contributed by atoms with Gasteiger partial charge in [0.1, 0.15) is 10.8 Å². The highest BCUT2D eigenvalue weighted by molar-refractivity contribution is 7.19. The summed E-state index contributed by atoms with van der Waals surface area (Å²) in [6, 6.07) is 14.1. The highest BCUT2D eigenvalue weighted by Gasteiger charge is 2.14. The van der Waals surface area contributed by atoms with Gasteiger partial charge in [0, 0.05) is 17.0 Å². The first-order valence-corrected chi connectivity index (χ1v) is 8.10. The summed E-state index contributed by atoms with van der Waals surface area (Å²) >= 11 is 7.34. The summed E-state index contributed by atoms with van der Waals surface area (Å²) in [5, 5.41) is 14.3. The van der Waals surface area contributed by atoms with Crippen molar-refractivity contribution in [3.63, 3.8) is 0 Å². The Bertz CT molecular complexity index is 977. The largest absolute Gasteiger partial charge is 0.234 e. The minimum absolute atomic E-state index is 0.252. The number of nitrogens with zero attached hydrogens (tertiary/aromatic N) is 4. The molecule has 0 amide bonds. The van der Waals surface area contributed by atoms with Gasteiger partial charge in [-0.1, -0.05) is 53.3 Å². The van der Waals surface area contributed by atoms with Crippen LogP contribution in [0.15, 0.2) is 48.5 Å². The molecule has 0 N–H and O–H groups in total. The average molecular weight is 345 g/mol. The van der Waals surface area contributed by atoms with Gasteiger partial charge in [-0.2, -0.15) is 9.61 Å². The van der Waals surface area contributed by atoms with Crippen molar-refractivity contribution in [3.8, 4) is 10.6 Å². The van der Waals surface area contributed by atoms with Crippen LogP contribution >= 0.6 is 22.9 Å². The first kappa shape index (κ1) is 14.3. The number of rotatable bonds is 3. The van der Waals surface area contributed by atoms with Crippen molar-refractivity contribution >= 4 is 27.9 Å². The predicted octanol–water partition coefficient (Wildman–Crippen LogP) is 4.24. The van der Waals surface area contributed by atoms with Crippen LogP contribution in [0.2, 0.25) is 5.02 Å². The first-order valence-electron chi connectivity index (χ1n) is 6.91. The van der Waals surface area contributed by atoms with E-state index in [1.54, 1.807) is 22.7 Å². The van der Waals surface area contributed by atoms with Crippen LogP contribution in [0.5, 0.6) is 0 Å². The van der Waals surface area contributed by atoms with Gasteiger partial charge in [0.15, 0.2) is 5.82 Å². The Labute approximate surface area is 140 Å². The average Bonchev–Trinajstić information content (AvgIpc) is 3.12. The standard InChI is InChI=1S/C16H10ClFN4S/c17-12-7-5-10(6-8-12)15-21-22-14(19-20-16(22)23-15)9-11-3-1-2-4-13(11)18/h1-8H,9H2. The first-order chi connectivity index (χ1) is 11.2. The highest BCUT2D eigenvalue weighted by atomic mass is 35.5. The minimum atomic E-state index is -0.252. The van der Waals surface area contributed by atoms with Crippen LogP contribution in [0.25, 0.3) is 15.5 Å². The summed E-state index contributed by atoms with van der Waals surface area (Å²) in [6.07, 6.45) is 0.345. The van der Waals surface area contributed by atoms with Gasteiger partial charge in [-0.25, -0.2) is 4.39 Å². The van der Waals surface area contributed by atoms with E-state index in [0.29, 0.717) is 27.8 Å². The summed E-state index contributed by atoms with van der Waals surface area (Å²) < 4.78 is 15.5. The minimum Gasteiger partial charge on any atom is -0.207 e. The van der Waals surface area contributed by atoms with Gasteiger partial charge in [-0.15, -0.1) is 10.2 Å². The molecule has 0 bridgehead atoms. The molecule has 0 aliphatic rings. The predicted molar refractivity (Wildman–Crippen MR) is 88.3 cm³/mol. The third-order valence-electron chi connectivity index (χ3n) is 3.45. The number of hydrogen-bond acceptors (Lipinski definition) is 4. The Morgan fingerprint density at radius 3 is 2.61 bits per heavy atom. The molecule has 0 aliphatic carbocycles. The van der Waals surface area contributed by atoms with E-state index in [9.17, 15) is 4.39 Å². The van der Waals surface area contributed by atoms with Crippen LogP contribution in [-0.2, 0) is 6.42 Å². The van der Waals surface area contributed by atoms with Crippen LogP contribution in [0.4, 0.5) is 4.39 Å². The third kappa shape index (κ3) is 2.71. The Morgan fingerprint density at radius 1 is 1.04 bits per heavy atom. The van der Waals surface area contributed by atoms with E-state index in [1.807, 2.05) is 24.3 Å². The summed E-state index contributed by atoms with van der Waals surface area (Å²) in [5.41, 5.74) is 1.53. The van der Waals surface area contributed by atoms with Crippen LogP contribution in [-0.4, -0.2) is 19.8 Å². The Morgan fingerprint density at radius 2 is 1.83 bits per heavy atom. The zero-order chi connectivity index (χ0) is 15.8. The van der Waals surface area contributed by atoms with Gasteiger partial charge >= 0.3 is 0 Å². The van der Waals surface area contributed by atoms with Gasteiger partial charge in [-0.05, 0) is 23.8 Å². The van der Waals surface area contributed by atoms with Crippen LogP contribution in [0.1, 0.15) is 11.4 Å². The lowest BCUT2D eigenvalue weighted by molar-refractivity contribution is 0.611. The fourth-order valence-corrected chi connectivity index (χ4v) is 3.28. The van der Waals surface area contributed by atoms with Gasteiger partial charge in [-0.3, -0.25) is 0 Å². The fraction of sp³-hybridized carbons (Fsp3) is 0.0625. The monoisotopic (exact) mass is 344 g/mol. The van der Waals surface area contributed by atoms with E-state index in [4.69, 9.17) is 11.6 Å². The second-order valence-corrected chi connectivity index (χ2v) is 6.39. The molecule has 0 fully saturated rings. The molecule has 114 valence electrons. The van der Waals surface area contributed by atoms with E-state index in [0.717, 1.165) is 10.6 Å². The molecule has 23 heavy (non-hydrogen) atoms. The molecule has 2 aromatic heterocycles. The third-order valence-corrected chi connectivity index (χ3v) is 4.65. The normalized spacial score (nSPS) is 11.2. The Balaban J connectivity index is 1.72. The molecule has 0 unspecified atom stereocenters. The maximum absolute atomic E-state index is 13.8. The van der Waals surface area contributed by atoms with Crippen LogP contribution in [0.3, 0.4) is 0 Å². The fourth-order valence-electron chi connectivity index (χ4n) is 2.29. The maximum Gasteiger partial charge on any atom is 0.234 e. The van der Waals surface area contributed by atoms with Gasteiger partial charge in [0.05, 0.1) is 0 Å². The molecule has 7 heteroatoms. The number of halogens is 2. The molecule has 4 aromatic rings. The quantitative estimate of drug-likeness (QED) is 0.558. The van der Waals surface area contributed by atoms with E-state index < -0.39 is 0 Å². The molecule has 4 rings (SSSR count). The topological polar surface area (TPSA) is 43.1 Å². The van der Waals surface area contributed by atoms with Crippen molar-refractivity contribution in [2.45, 2.75) is 6.42 Å². The molecule has 2 aromatic carbocycles. The molecule has 0 saturated heterocycles. The molecule has 0 radical (unpaired) electrons. The maximum atomic E-state index is 13.8. The molecule has 0 atom stereocenters. The van der Waals surface area contributed by atoms with Crippen molar-refractivity contribution in [1.82, 2.24) is 19.8 Å². The lowest BCUT2D eigenvalue weighted by Gasteiger charge is -2.00. The van der Waals surface area contributed by atoms with E-state index >= 15 is 0 Å². The second kappa shape index (κ2) is 5.72. The van der Waals surface area contributed by atoms with Gasteiger partial charge in [0.25, 0.3) is 0 Å². The lowest BCUT2D eigenvalue weighted by Crippen LogP contribution is -1.99. The summed E-state index contributed by atoms with van der Waals surface area (Å²) in [5.74, 6) is 0.360. The Hall–Kier alpha value is -2.31. The van der Waals surface area contributed by atoms with Crippen molar-refractivity contribution < 1.29 is 4.39 Å².